The summed E-state index contributed by atoms with van der Waals surface area (Å²) in [4.78, 5) is 2.29. The fraction of sp³-hybridized carbons (Fsp3) is 0.462. The second kappa shape index (κ2) is 5.70. The van der Waals surface area contributed by atoms with Crippen LogP contribution in [0.25, 0.3) is 0 Å². The zero-order chi connectivity index (χ0) is 13.9. The number of nitrogens with zero attached hydrogens (tertiary/aromatic N) is 2. The summed E-state index contributed by atoms with van der Waals surface area (Å²) < 4.78 is 24.4. The highest BCUT2D eigenvalue weighted by Gasteiger charge is 2.23. The van der Waals surface area contributed by atoms with E-state index in [1.807, 2.05) is 13.1 Å². The Morgan fingerprint density at radius 2 is 2.21 bits per heavy atom. The van der Waals surface area contributed by atoms with E-state index >= 15 is 0 Å². The number of nitrogens with one attached hydrogen (secondary N) is 1. The molecule has 0 aromatic heterocycles. The standard InChI is InChI=1S/C13H17N3O2S/c1-16(12-9-15-10-12)5-6-19(17,18)13-4-2-3-11(7-13)8-14/h2-4,7,12,15H,5-6,9-10H2,1H3. The van der Waals surface area contributed by atoms with E-state index in [0.29, 0.717) is 18.2 Å². The van der Waals surface area contributed by atoms with Crippen LogP contribution in [-0.4, -0.2) is 51.8 Å². The van der Waals surface area contributed by atoms with Crippen molar-refractivity contribution in [2.45, 2.75) is 10.9 Å². The number of hydrogen-bond acceptors (Lipinski definition) is 5. The molecule has 1 saturated heterocycles. The first-order valence-electron chi connectivity index (χ1n) is 6.17. The van der Waals surface area contributed by atoms with Gasteiger partial charge in [0.25, 0.3) is 0 Å². The maximum atomic E-state index is 12.2. The van der Waals surface area contributed by atoms with Crippen LogP contribution in [0.5, 0.6) is 0 Å². The molecular weight excluding hydrogens is 262 g/mol. The van der Waals surface area contributed by atoms with Gasteiger partial charge < -0.3 is 5.32 Å². The second-order valence-electron chi connectivity index (χ2n) is 4.75. The summed E-state index contributed by atoms with van der Waals surface area (Å²) in [5, 5.41) is 12.0. The Labute approximate surface area is 113 Å². The highest BCUT2D eigenvalue weighted by Crippen LogP contribution is 2.13. The summed E-state index contributed by atoms with van der Waals surface area (Å²) in [5.41, 5.74) is 0.373. The fourth-order valence-corrected chi connectivity index (χ4v) is 3.27. The number of nitriles is 1. The Morgan fingerprint density at radius 1 is 1.47 bits per heavy atom. The first kappa shape index (κ1) is 14.0. The minimum atomic E-state index is -3.32. The highest BCUT2D eigenvalue weighted by molar-refractivity contribution is 7.91. The lowest BCUT2D eigenvalue weighted by molar-refractivity contribution is 0.189. The van der Waals surface area contributed by atoms with Crippen LogP contribution in [-0.2, 0) is 9.84 Å². The van der Waals surface area contributed by atoms with Crippen LogP contribution < -0.4 is 5.32 Å². The lowest BCUT2D eigenvalue weighted by Gasteiger charge is -2.35. The number of likely N-dealkylation sites (N-methyl/N-ethyl adjacent to an activating group) is 1. The minimum absolute atomic E-state index is 0.0783. The van der Waals surface area contributed by atoms with E-state index in [9.17, 15) is 8.42 Å². The molecule has 1 aliphatic rings. The molecule has 102 valence electrons. The van der Waals surface area contributed by atoms with Crippen molar-refractivity contribution in [3.63, 3.8) is 0 Å². The van der Waals surface area contributed by atoms with Gasteiger partial charge in [0.1, 0.15) is 0 Å². The zero-order valence-corrected chi connectivity index (χ0v) is 11.7. The molecule has 0 saturated carbocycles. The summed E-state index contributed by atoms with van der Waals surface area (Å²) in [6.07, 6.45) is 0. The van der Waals surface area contributed by atoms with Crippen molar-refractivity contribution < 1.29 is 8.42 Å². The van der Waals surface area contributed by atoms with E-state index in [1.54, 1.807) is 18.2 Å². The summed E-state index contributed by atoms with van der Waals surface area (Å²) in [7, 11) is -1.38. The molecule has 6 heteroatoms. The summed E-state index contributed by atoms with van der Waals surface area (Å²) in [6.45, 7) is 2.34. The van der Waals surface area contributed by atoms with E-state index in [2.05, 4.69) is 10.2 Å². The Hall–Kier alpha value is -1.42. The van der Waals surface area contributed by atoms with E-state index < -0.39 is 9.84 Å². The van der Waals surface area contributed by atoms with Gasteiger partial charge in [-0.1, -0.05) is 6.07 Å². The van der Waals surface area contributed by atoms with Crippen molar-refractivity contribution in [1.29, 1.82) is 5.26 Å². The van der Waals surface area contributed by atoms with Crippen LogP contribution in [0.2, 0.25) is 0 Å². The maximum Gasteiger partial charge on any atom is 0.179 e. The van der Waals surface area contributed by atoms with Gasteiger partial charge in [0.15, 0.2) is 9.84 Å². The monoisotopic (exact) mass is 279 g/mol. The third-order valence-electron chi connectivity index (χ3n) is 3.42. The topological polar surface area (TPSA) is 73.2 Å². The second-order valence-corrected chi connectivity index (χ2v) is 6.86. The molecule has 1 N–H and O–H groups in total. The van der Waals surface area contributed by atoms with Crippen LogP contribution in [0.4, 0.5) is 0 Å². The van der Waals surface area contributed by atoms with Gasteiger partial charge in [-0.25, -0.2) is 8.42 Å². The van der Waals surface area contributed by atoms with Crippen molar-refractivity contribution in [3.05, 3.63) is 29.8 Å². The molecule has 1 aromatic carbocycles. The van der Waals surface area contributed by atoms with Gasteiger partial charge in [-0.2, -0.15) is 5.26 Å². The summed E-state index contributed by atoms with van der Waals surface area (Å²) in [6, 6.07) is 8.57. The van der Waals surface area contributed by atoms with Gasteiger partial charge >= 0.3 is 0 Å². The molecule has 0 amide bonds. The van der Waals surface area contributed by atoms with Crippen LogP contribution >= 0.6 is 0 Å². The minimum Gasteiger partial charge on any atom is -0.314 e. The maximum absolute atomic E-state index is 12.2. The quantitative estimate of drug-likeness (QED) is 0.835. The zero-order valence-electron chi connectivity index (χ0n) is 10.8. The molecule has 0 spiro atoms. The first-order chi connectivity index (χ1) is 9.03. The van der Waals surface area contributed by atoms with Gasteiger partial charge in [-0.3, -0.25) is 4.90 Å². The molecule has 2 rings (SSSR count). The number of benzene rings is 1. The Balaban J connectivity index is 2.03. The van der Waals surface area contributed by atoms with E-state index in [4.69, 9.17) is 5.26 Å². The largest absolute Gasteiger partial charge is 0.314 e. The average Bonchev–Trinajstić information content (AvgIpc) is 2.34. The molecule has 5 nitrogen and oxygen atoms in total. The van der Waals surface area contributed by atoms with Crippen LogP contribution in [0.3, 0.4) is 0 Å². The number of rotatable bonds is 5. The molecule has 0 unspecified atom stereocenters. The molecule has 1 heterocycles. The third kappa shape index (κ3) is 3.32. The molecular formula is C13H17N3O2S. The van der Waals surface area contributed by atoms with E-state index in [-0.39, 0.29) is 10.6 Å². The molecule has 0 bridgehead atoms. The van der Waals surface area contributed by atoms with Crippen molar-refractivity contribution in [3.8, 4) is 6.07 Å². The van der Waals surface area contributed by atoms with Crippen molar-refractivity contribution in [2.75, 3.05) is 32.4 Å². The van der Waals surface area contributed by atoms with Crippen molar-refractivity contribution in [2.24, 2.45) is 0 Å². The molecule has 1 aliphatic heterocycles. The molecule has 0 radical (unpaired) electrons. The number of hydrogen-bond donors (Lipinski definition) is 1. The van der Waals surface area contributed by atoms with E-state index in [1.165, 1.54) is 6.07 Å². The lowest BCUT2D eigenvalue weighted by atomic mass is 10.1. The van der Waals surface area contributed by atoms with E-state index in [0.717, 1.165) is 13.1 Å². The van der Waals surface area contributed by atoms with Crippen molar-refractivity contribution >= 4 is 9.84 Å². The van der Waals surface area contributed by atoms with Crippen LogP contribution in [0.15, 0.2) is 29.2 Å². The summed E-state index contributed by atoms with van der Waals surface area (Å²) >= 11 is 0. The van der Waals surface area contributed by atoms with Crippen molar-refractivity contribution in [1.82, 2.24) is 10.2 Å². The first-order valence-corrected chi connectivity index (χ1v) is 7.82. The molecule has 0 atom stereocenters. The van der Waals surface area contributed by atoms with Gasteiger partial charge in [0, 0.05) is 25.7 Å². The van der Waals surface area contributed by atoms with Gasteiger partial charge in [0.2, 0.25) is 0 Å². The van der Waals surface area contributed by atoms with Crippen LogP contribution in [0, 0.1) is 11.3 Å². The normalized spacial score (nSPS) is 16.1. The smallest absolute Gasteiger partial charge is 0.179 e. The van der Waals surface area contributed by atoms with Gasteiger partial charge in [0.05, 0.1) is 22.3 Å². The molecule has 1 aromatic rings. The Morgan fingerprint density at radius 3 is 2.79 bits per heavy atom. The SMILES string of the molecule is CN(CCS(=O)(=O)c1cccc(C#N)c1)C1CNC1. The van der Waals surface area contributed by atoms with Gasteiger partial charge in [-0.15, -0.1) is 0 Å². The third-order valence-corrected chi connectivity index (χ3v) is 5.11. The average molecular weight is 279 g/mol. The predicted molar refractivity (Wildman–Crippen MR) is 72.5 cm³/mol. The number of sulfone groups is 1. The summed E-state index contributed by atoms with van der Waals surface area (Å²) in [5.74, 6) is 0.0783. The molecule has 19 heavy (non-hydrogen) atoms. The lowest BCUT2D eigenvalue weighted by Crippen LogP contribution is -2.56. The highest BCUT2D eigenvalue weighted by atomic mass is 32.2. The van der Waals surface area contributed by atoms with Crippen LogP contribution in [0.1, 0.15) is 5.56 Å². The Bertz CT molecular complexity index is 588. The predicted octanol–water partition coefficient (Wildman–Crippen LogP) is 0.236. The Kier molecular flexibility index (Phi) is 4.20. The molecule has 0 aliphatic carbocycles. The van der Waals surface area contributed by atoms with Gasteiger partial charge in [-0.05, 0) is 25.2 Å². The fourth-order valence-electron chi connectivity index (χ4n) is 1.91. The molecule has 1 fully saturated rings.